The van der Waals surface area contributed by atoms with E-state index in [2.05, 4.69) is 5.32 Å². The van der Waals surface area contributed by atoms with Gasteiger partial charge in [0, 0.05) is 18.6 Å². The number of nitrogens with zero attached hydrogens (tertiary/aromatic N) is 2. The molecule has 29 heavy (non-hydrogen) atoms. The van der Waals surface area contributed by atoms with Crippen LogP contribution < -0.4 is 5.32 Å². The van der Waals surface area contributed by atoms with Crippen molar-refractivity contribution in [3.8, 4) is 6.07 Å². The largest absolute Gasteiger partial charge is 0.455 e. The second kappa shape index (κ2) is 9.37. The molecule has 1 aliphatic rings. The smallest absolute Gasteiger partial charge is 0.309 e. The van der Waals surface area contributed by atoms with Crippen molar-refractivity contribution in [1.82, 2.24) is 9.62 Å². The summed E-state index contributed by atoms with van der Waals surface area (Å²) < 4.78 is 31.9. The third-order valence-corrected chi connectivity index (χ3v) is 7.03. The first kappa shape index (κ1) is 22.8. The molecule has 1 amide bonds. The van der Waals surface area contributed by atoms with Gasteiger partial charge in [-0.05, 0) is 57.4 Å². The van der Waals surface area contributed by atoms with Crippen molar-refractivity contribution < 1.29 is 22.7 Å². The molecule has 2 rings (SSSR count). The molecule has 0 aliphatic carbocycles. The standard InChI is InChI=1S/C20H27N3O5S/c1-4-20(2,3)22-18(24)14-28-19(25)16-9-11-23(12-10-16)29(26,27)17-7-5-15(13-21)6-8-17/h5-8,16H,4,9-12,14H2,1-3H3,(H,22,24). The maximum Gasteiger partial charge on any atom is 0.309 e. The number of ether oxygens (including phenoxy) is 1. The number of carbonyl (C=O) groups is 2. The lowest BCUT2D eigenvalue weighted by Gasteiger charge is -2.30. The summed E-state index contributed by atoms with van der Waals surface area (Å²) in [6.45, 7) is 5.76. The fourth-order valence-electron chi connectivity index (χ4n) is 2.94. The number of hydrogen-bond donors (Lipinski definition) is 1. The Balaban J connectivity index is 1.87. The van der Waals surface area contributed by atoms with Gasteiger partial charge in [0.05, 0.1) is 22.4 Å². The molecule has 0 saturated carbocycles. The summed E-state index contributed by atoms with van der Waals surface area (Å²) in [5.41, 5.74) is 0.0195. The molecule has 1 saturated heterocycles. The summed E-state index contributed by atoms with van der Waals surface area (Å²) in [6, 6.07) is 7.69. The summed E-state index contributed by atoms with van der Waals surface area (Å²) in [4.78, 5) is 24.2. The number of hydrogen-bond acceptors (Lipinski definition) is 6. The van der Waals surface area contributed by atoms with Crippen LogP contribution in [0.5, 0.6) is 0 Å². The van der Waals surface area contributed by atoms with Gasteiger partial charge in [0.1, 0.15) is 0 Å². The number of benzene rings is 1. The molecule has 1 aromatic carbocycles. The van der Waals surface area contributed by atoms with Crippen LogP contribution >= 0.6 is 0 Å². The number of rotatable bonds is 7. The molecule has 0 atom stereocenters. The van der Waals surface area contributed by atoms with E-state index in [0.717, 1.165) is 6.42 Å². The Morgan fingerprint density at radius 3 is 2.34 bits per heavy atom. The van der Waals surface area contributed by atoms with Crippen molar-refractivity contribution in [1.29, 1.82) is 5.26 Å². The van der Waals surface area contributed by atoms with Gasteiger partial charge < -0.3 is 10.1 Å². The molecule has 8 nitrogen and oxygen atoms in total. The molecule has 1 aromatic rings. The van der Waals surface area contributed by atoms with E-state index in [1.807, 2.05) is 26.8 Å². The normalized spacial score (nSPS) is 16.1. The number of carbonyl (C=O) groups excluding carboxylic acids is 2. The van der Waals surface area contributed by atoms with Gasteiger partial charge in [0.2, 0.25) is 10.0 Å². The second-order valence-electron chi connectivity index (χ2n) is 7.71. The number of amides is 1. The molecule has 9 heteroatoms. The number of nitrogens with one attached hydrogen (secondary N) is 1. The molecule has 0 unspecified atom stereocenters. The minimum Gasteiger partial charge on any atom is -0.455 e. The summed E-state index contributed by atoms with van der Waals surface area (Å²) in [6.07, 6.45) is 1.41. The second-order valence-corrected chi connectivity index (χ2v) is 9.65. The monoisotopic (exact) mass is 421 g/mol. The molecular weight excluding hydrogens is 394 g/mol. The zero-order chi connectivity index (χ0) is 21.7. The number of esters is 1. The van der Waals surface area contributed by atoms with E-state index < -0.39 is 21.9 Å². The number of sulfonamides is 1. The van der Waals surface area contributed by atoms with Gasteiger partial charge in [-0.15, -0.1) is 0 Å². The van der Waals surface area contributed by atoms with Crippen LogP contribution in [0.15, 0.2) is 29.2 Å². The molecule has 0 radical (unpaired) electrons. The van der Waals surface area contributed by atoms with Gasteiger partial charge in [-0.1, -0.05) is 6.92 Å². The first-order valence-corrected chi connectivity index (χ1v) is 11.0. The van der Waals surface area contributed by atoms with Gasteiger partial charge >= 0.3 is 5.97 Å². The third kappa shape index (κ3) is 6.02. The molecule has 1 N–H and O–H groups in total. The van der Waals surface area contributed by atoms with Gasteiger partial charge in [-0.25, -0.2) is 8.42 Å². The molecule has 1 fully saturated rings. The van der Waals surface area contributed by atoms with Crippen LogP contribution in [0, 0.1) is 17.2 Å². The van der Waals surface area contributed by atoms with E-state index in [-0.39, 0.29) is 36.0 Å². The predicted molar refractivity (Wildman–Crippen MR) is 106 cm³/mol. The molecule has 0 bridgehead atoms. The van der Waals surface area contributed by atoms with E-state index in [1.165, 1.54) is 28.6 Å². The Hall–Kier alpha value is -2.44. The zero-order valence-corrected chi connectivity index (χ0v) is 17.8. The minimum atomic E-state index is -3.68. The summed E-state index contributed by atoms with van der Waals surface area (Å²) in [5.74, 6) is -1.27. The predicted octanol–water partition coefficient (Wildman–Crippen LogP) is 1.81. The number of piperidine rings is 1. The van der Waals surface area contributed by atoms with Crippen molar-refractivity contribution in [2.24, 2.45) is 5.92 Å². The lowest BCUT2D eigenvalue weighted by atomic mass is 9.98. The molecule has 0 spiro atoms. The Morgan fingerprint density at radius 2 is 1.83 bits per heavy atom. The topological polar surface area (TPSA) is 117 Å². The van der Waals surface area contributed by atoms with Crippen molar-refractivity contribution in [2.75, 3.05) is 19.7 Å². The van der Waals surface area contributed by atoms with Gasteiger partial charge in [0.25, 0.3) is 5.91 Å². The van der Waals surface area contributed by atoms with Gasteiger partial charge in [-0.3, -0.25) is 9.59 Å². The highest BCUT2D eigenvalue weighted by molar-refractivity contribution is 7.89. The molecule has 158 valence electrons. The maximum atomic E-state index is 12.7. The molecule has 1 heterocycles. The lowest BCUT2D eigenvalue weighted by molar-refractivity contribution is -0.154. The molecular formula is C20H27N3O5S. The third-order valence-electron chi connectivity index (χ3n) is 5.12. The summed E-state index contributed by atoms with van der Waals surface area (Å²) >= 11 is 0. The quantitative estimate of drug-likeness (QED) is 0.671. The van der Waals surface area contributed by atoms with E-state index in [4.69, 9.17) is 10.00 Å². The lowest BCUT2D eigenvalue weighted by Crippen LogP contribution is -2.45. The van der Waals surface area contributed by atoms with Crippen LogP contribution in [0.2, 0.25) is 0 Å². The highest BCUT2D eigenvalue weighted by Gasteiger charge is 2.33. The van der Waals surface area contributed by atoms with Crippen LogP contribution in [-0.2, 0) is 24.3 Å². The van der Waals surface area contributed by atoms with E-state index in [1.54, 1.807) is 0 Å². The molecule has 0 aromatic heterocycles. The highest BCUT2D eigenvalue weighted by Crippen LogP contribution is 2.25. The zero-order valence-electron chi connectivity index (χ0n) is 17.0. The summed E-state index contributed by atoms with van der Waals surface area (Å²) in [5, 5.41) is 11.6. The Kier molecular flexibility index (Phi) is 7.38. The Labute approximate surface area is 171 Å². The van der Waals surface area contributed by atoms with Crippen molar-refractivity contribution in [3.63, 3.8) is 0 Å². The van der Waals surface area contributed by atoms with Crippen molar-refractivity contribution in [3.05, 3.63) is 29.8 Å². The van der Waals surface area contributed by atoms with E-state index >= 15 is 0 Å². The maximum absolute atomic E-state index is 12.7. The van der Waals surface area contributed by atoms with Gasteiger partial charge in [0.15, 0.2) is 6.61 Å². The van der Waals surface area contributed by atoms with Gasteiger partial charge in [-0.2, -0.15) is 9.57 Å². The average Bonchev–Trinajstić information content (AvgIpc) is 2.71. The van der Waals surface area contributed by atoms with Crippen molar-refractivity contribution >= 4 is 21.9 Å². The first-order valence-electron chi connectivity index (χ1n) is 9.57. The van der Waals surface area contributed by atoms with E-state index in [0.29, 0.717) is 18.4 Å². The van der Waals surface area contributed by atoms with Crippen LogP contribution in [0.1, 0.15) is 45.6 Å². The summed E-state index contributed by atoms with van der Waals surface area (Å²) in [7, 11) is -3.68. The Morgan fingerprint density at radius 1 is 1.24 bits per heavy atom. The fourth-order valence-corrected chi connectivity index (χ4v) is 4.41. The SMILES string of the molecule is CCC(C)(C)NC(=O)COC(=O)C1CCN(S(=O)(=O)c2ccc(C#N)cc2)CC1. The van der Waals surface area contributed by atoms with Crippen molar-refractivity contribution in [2.45, 2.75) is 50.5 Å². The van der Waals surface area contributed by atoms with Crippen LogP contribution in [0.4, 0.5) is 0 Å². The van der Waals surface area contributed by atoms with Crippen LogP contribution in [0.3, 0.4) is 0 Å². The fraction of sp³-hybridized carbons (Fsp3) is 0.550. The first-order chi connectivity index (χ1) is 13.6. The Bertz CT molecular complexity index is 880. The van der Waals surface area contributed by atoms with Crippen LogP contribution in [-0.4, -0.2) is 49.8 Å². The van der Waals surface area contributed by atoms with E-state index in [9.17, 15) is 18.0 Å². The number of nitriles is 1. The van der Waals surface area contributed by atoms with Crippen LogP contribution in [0.25, 0.3) is 0 Å². The average molecular weight is 422 g/mol. The molecule has 1 aliphatic heterocycles. The minimum absolute atomic E-state index is 0.118. The highest BCUT2D eigenvalue weighted by atomic mass is 32.2.